The number of nitrogens with zero attached hydrogens (tertiary/aromatic N) is 2. The van der Waals surface area contributed by atoms with E-state index in [4.69, 9.17) is 0 Å². The summed E-state index contributed by atoms with van der Waals surface area (Å²) in [6.45, 7) is 0. The fourth-order valence-corrected chi connectivity index (χ4v) is 0.483. The molecule has 0 bridgehead atoms. The number of hydrogen-bond acceptors (Lipinski definition) is 3. The first-order valence-electron chi connectivity index (χ1n) is 2.05. The van der Waals surface area contributed by atoms with Crippen molar-refractivity contribution in [3.63, 3.8) is 0 Å². The van der Waals surface area contributed by atoms with E-state index in [0.717, 1.165) is 11.6 Å². The highest BCUT2D eigenvalue weighted by atomic mass is 15.2. The van der Waals surface area contributed by atoms with Crippen LogP contribution in [0.3, 0.4) is 0 Å². The Kier molecular flexibility index (Phi) is 0.318. The van der Waals surface area contributed by atoms with Crippen molar-refractivity contribution in [3.05, 3.63) is 12.4 Å². The van der Waals surface area contributed by atoms with Crippen molar-refractivity contribution in [1.29, 1.82) is 0 Å². The molecule has 2 heterocycles. The zero-order valence-electron chi connectivity index (χ0n) is 3.55. The fraction of sp³-hybridized carbons (Fsp3) is 0. The molecule has 0 unspecified atom stereocenters. The van der Waals surface area contributed by atoms with Crippen LogP contribution in [0.2, 0.25) is 0 Å². The number of rotatable bonds is 0. The molecule has 0 amide bonds. The summed E-state index contributed by atoms with van der Waals surface area (Å²) in [6.07, 6.45) is 3.33. The molecule has 3 heteroatoms. The number of anilines is 2. The largest absolute Gasteiger partial charge is 0.319 e. The summed E-state index contributed by atoms with van der Waals surface area (Å²) in [5, 5.41) is 2.87. The first kappa shape index (κ1) is 2.96. The second-order valence-electron chi connectivity index (χ2n) is 1.38. The van der Waals surface area contributed by atoms with Gasteiger partial charge in [-0.1, -0.05) is 0 Å². The van der Waals surface area contributed by atoms with Crippen LogP contribution in [0, 0.1) is 0 Å². The quantitative estimate of drug-likeness (QED) is 0.483. The van der Waals surface area contributed by atoms with Crippen molar-refractivity contribution < 1.29 is 0 Å². The van der Waals surface area contributed by atoms with E-state index in [1.165, 1.54) is 0 Å². The monoisotopic (exact) mass is 93.0 g/mol. The smallest absolute Gasteiger partial charge is 0.175 e. The van der Waals surface area contributed by atoms with E-state index in [2.05, 4.69) is 15.3 Å². The van der Waals surface area contributed by atoms with Gasteiger partial charge >= 0.3 is 0 Å². The highest BCUT2D eigenvalue weighted by Crippen LogP contribution is 2.30. The molecule has 3 nitrogen and oxygen atoms in total. The molecule has 34 valence electrons. The number of aromatic nitrogens is 2. The first-order chi connectivity index (χ1) is 3.47. The number of hydrogen-bond donors (Lipinski definition) is 1. The van der Waals surface area contributed by atoms with Crippen LogP contribution in [0.15, 0.2) is 12.4 Å². The van der Waals surface area contributed by atoms with Gasteiger partial charge in [-0.3, -0.25) is 0 Å². The lowest BCUT2D eigenvalue weighted by Gasteiger charge is -1.65. The highest BCUT2D eigenvalue weighted by Gasteiger charge is 2.16. The number of fused-ring (bicyclic) bond motifs is 1. The standard InChI is InChI=1S/C4H3N3/c1-2-6-4-3(5-1)7-4/h1-2H,(H,5,6,7). The van der Waals surface area contributed by atoms with E-state index >= 15 is 0 Å². The Labute approximate surface area is 40.4 Å². The Hall–Kier alpha value is -1.12. The molecule has 7 heavy (non-hydrogen) atoms. The van der Waals surface area contributed by atoms with Crippen molar-refractivity contribution in [2.75, 3.05) is 5.32 Å². The maximum Gasteiger partial charge on any atom is 0.175 e. The molecule has 2 rings (SSSR count). The zero-order valence-corrected chi connectivity index (χ0v) is 3.55. The minimum absolute atomic E-state index is 0.919. The maximum atomic E-state index is 3.90. The zero-order chi connectivity index (χ0) is 4.69. The molecule has 0 saturated heterocycles. The summed E-state index contributed by atoms with van der Waals surface area (Å²) in [7, 11) is 0. The van der Waals surface area contributed by atoms with Crippen molar-refractivity contribution in [1.82, 2.24) is 9.97 Å². The third-order valence-corrected chi connectivity index (χ3v) is 0.873. The Balaban J connectivity index is 2.73. The molecular formula is C4H3N3. The van der Waals surface area contributed by atoms with Gasteiger partial charge in [0.15, 0.2) is 11.6 Å². The molecule has 0 saturated carbocycles. The van der Waals surface area contributed by atoms with Gasteiger partial charge in [-0.2, -0.15) is 0 Å². The van der Waals surface area contributed by atoms with Gasteiger partial charge < -0.3 is 5.32 Å². The summed E-state index contributed by atoms with van der Waals surface area (Å²) in [4.78, 5) is 7.80. The Morgan fingerprint density at radius 1 is 1.14 bits per heavy atom. The Morgan fingerprint density at radius 2 is 1.71 bits per heavy atom. The lowest BCUT2D eigenvalue weighted by Crippen LogP contribution is -1.58. The summed E-state index contributed by atoms with van der Waals surface area (Å²) in [6, 6.07) is 0. The van der Waals surface area contributed by atoms with Gasteiger partial charge in [0.2, 0.25) is 0 Å². The van der Waals surface area contributed by atoms with E-state index in [0.29, 0.717) is 0 Å². The van der Waals surface area contributed by atoms with E-state index in [1.807, 2.05) is 0 Å². The highest BCUT2D eigenvalue weighted by molar-refractivity contribution is 5.81. The second kappa shape index (κ2) is 0.753. The van der Waals surface area contributed by atoms with Gasteiger partial charge in [0.1, 0.15) is 0 Å². The third-order valence-electron chi connectivity index (χ3n) is 0.873. The van der Waals surface area contributed by atoms with Crippen molar-refractivity contribution in [2.24, 2.45) is 0 Å². The molecule has 0 fully saturated rings. The van der Waals surface area contributed by atoms with Crippen LogP contribution >= 0.6 is 0 Å². The second-order valence-corrected chi connectivity index (χ2v) is 1.38. The molecule has 1 aliphatic rings. The fourth-order valence-electron chi connectivity index (χ4n) is 0.483. The van der Waals surface area contributed by atoms with Crippen LogP contribution in [-0.2, 0) is 0 Å². The molecule has 1 N–H and O–H groups in total. The molecule has 0 spiro atoms. The lowest BCUT2D eigenvalue weighted by atomic mass is 10.8. The van der Waals surface area contributed by atoms with Crippen LogP contribution in [0.5, 0.6) is 0 Å². The van der Waals surface area contributed by atoms with E-state index in [1.54, 1.807) is 12.4 Å². The molecular weight excluding hydrogens is 90.1 g/mol. The number of nitrogens with one attached hydrogen (secondary N) is 1. The predicted molar refractivity (Wildman–Crippen MR) is 25.3 cm³/mol. The van der Waals surface area contributed by atoms with Crippen molar-refractivity contribution in [3.8, 4) is 0 Å². The van der Waals surface area contributed by atoms with E-state index in [9.17, 15) is 0 Å². The molecule has 0 aromatic carbocycles. The Bertz CT molecular complexity index is 175. The van der Waals surface area contributed by atoms with E-state index in [-0.39, 0.29) is 0 Å². The van der Waals surface area contributed by atoms with Crippen LogP contribution in [0.4, 0.5) is 11.6 Å². The normalized spacial score (nSPS) is 12.0. The summed E-state index contributed by atoms with van der Waals surface area (Å²) < 4.78 is 0. The van der Waals surface area contributed by atoms with Gasteiger partial charge in [0, 0.05) is 12.4 Å². The third kappa shape index (κ3) is 0.287. The van der Waals surface area contributed by atoms with Crippen LogP contribution in [0.25, 0.3) is 0 Å². The maximum absolute atomic E-state index is 3.90. The minimum Gasteiger partial charge on any atom is -0.319 e. The van der Waals surface area contributed by atoms with Crippen molar-refractivity contribution >= 4 is 11.6 Å². The van der Waals surface area contributed by atoms with Gasteiger partial charge in [-0.05, 0) is 0 Å². The predicted octanol–water partition coefficient (Wildman–Crippen LogP) is 0.534. The van der Waals surface area contributed by atoms with Gasteiger partial charge in [-0.25, -0.2) is 9.97 Å². The van der Waals surface area contributed by atoms with Crippen LogP contribution < -0.4 is 5.32 Å². The molecule has 1 aromatic rings. The van der Waals surface area contributed by atoms with Crippen LogP contribution in [-0.4, -0.2) is 9.97 Å². The summed E-state index contributed by atoms with van der Waals surface area (Å²) in [5.74, 6) is 1.84. The molecule has 1 aromatic heterocycles. The lowest BCUT2D eigenvalue weighted by molar-refractivity contribution is 1.31. The topological polar surface area (TPSA) is 47.7 Å². The Morgan fingerprint density at radius 3 is 2.14 bits per heavy atom. The molecule has 0 aliphatic carbocycles. The molecule has 1 aliphatic heterocycles. The average Bonchev–Trinajstić information content (AvgIpc) is 2.41. The van der Waals surface area contributed by atoms with Crippen LogP contribution in [0.1, 0.15) is 0 Å². The van der Waals surface area contributed by atoms with Gasteiger partial charge in [-0.15, -0.1) is 0 Å². The molecule has 0 radical (unpaired) electrons. The van der Waals surface area contributed by atoms with Gasteiger partial charge in [0.25, 0.3) is 0 Å². The molecule has 0 atom stereocenters. The summed E-state index contributed by atoms with van der Waals surface area (Å²) >= 11 is 0. The van der Waals surface area contributed by atoms with Crippen molar-refractivity contribution in [2.45, 2.75) is 0 Å². The SMILES string of the molecule is c1cnc2c(n1)N2. The van der Waals surface area contributed by atoms with Gasteiger partial charge in [0.05, 0.1) is 0 Å². The average molecular weight is 93.1 g/mol. The summed E-state index contributed by atoms with van der Waals surface area (Å²) in [5.41, 5.74) is 0. The van der Waals surface area contributed by atoms with E-state index < -0.39 is 0 Å². The minimum atomic E-state index is 0.919. The first-order valence-corrected chi connectivity index (χ1v) is 2.05.